The molecule has 0 aliphatic heterocycles. The number of aryl methyl sites for hydroxylation is 1. The van der Waals surface area contributed by atoms with Crippen molar-refractivity contribution < 1.29 is 9.15 Å². The van der Waals surface area contributed by atoms with Gasteiger partial charge in [-0.2, -0.15) is 0 Å². The molecule has 92 valence electrons. The normalized spacial score (nSPS) is 11.0. The number of thiazole rings is 1. The average Bonchev–Trinajstić information content (AvgIpc) is 2.93. The first-order valence-corrected chi connectivity index (χ1v) is 6.15. The Labute approximate surface area is 107 Å². The van der Waals surface area contributed by atoms with Gasteiger partial charge in [0.25, 0.3) is 0 Å². The zero-order valence-electron chi connectivity index (χ0n) is 9.93. The summed E-state index contributed by atoms with van der Waals surface area (Å²) in [5.74, 6) is 0.644. The minimum Gasteiger partial charge on any atom is -0.493 e. The number of aromatic nitrogens is 2. The van der Waals surface area contributed by atoms with Crippen LogP contribution in [-0.2, 0) is 0 Å². The third-order valence-corrected chi connectivity index (χ3v) is 3.50. The molecule has 0 aliphatic carbocycles. The van der Waals surface area contributed by atoms with Crippen LogP contribution < -0.4 is 10.5 Å². The van der Waals surface area contributed by atoms with Crippen LogP contribution in [0.25, 0.3) is 22.4 Å². The zero-order valence-corrected chi connectivity index (χ0v) is 10.7. The van der Waals surface area contributed by atoms with Gasteiger partial charge >= 0.3 is 0 Å². The van der Waals surface area contributed by atoms with E-state index in [4.69, 9.17) is 14.9 Å². The monoisotopic (exact) mass is 261 g/mol. The number of fused-ring (bicyclic) bond motifs is 1. The lowest BCUT2D eigenvalue weighted by Crippen LogP contribution is -1.88. The lowest BCUT2D eigenvalue weighted by Gasteiger charge is -2.03. The predicted octanol–water partition coefficient (Wildman–Crippen LogP) is 2.85. The molecule has 2 heterocycles. The zero-order chi connectivity index (χ0) is 12.7. The van der Waals surface area contributed by atoms with Crippen LogP contribution in [-0.4, -0.2) is 17.1 Å². The Morgan fingerprint density at radius 1 is 1.39 bits per heavy atom. The van der Waals surface area contributed by atoms with Crippen molar-refractivity contribution in [3.63, 3.8) is 0 Å². The number of nitrogen functional groups attached to an aromatic ring is 1. The van der Waals surface area contributed by atoms with Gasteiger partial charge in [0, 0.05) is 10.4 Å². The molecule has 6 heteroatoms. The summed E-state index contributed by atoms with van der Waals surface area (Å²) in [5, 5.41) is 0.557. The quantitative estimate of drug-likeness (QED) is 0.767. The maximum atomic E-state index is 5.72. The fourth-order valence-electron chi connectivity index (χ4n) is 1.91. The summed E-state index contributed by atoms with van der Waals surface area (Å²) >= 11 is 1.47. The van der Waals surface area contributed by atoms with E-state index < -0.39 is 0 Å². The average molecular weight is 261 g/mol. The lowest BCUT2D eigenvalue weighted by atomic mass is 10.1. The summed E-state index contributed by atoms with van der Waals surface area (Å²) < 4.78 is 10.6. The number of rotatable bonds is 2. The first kappa shape index (κ1) is 11.0. The molecule has 0 unspecified atom stereocenters. The lowest BCUT2D eigenvalue weighted by molar-refractivity contribution is 0.410. The molecule has 1 aromatic carbocycles. The Hall–Kier alpha value is -2.08. The van der Waals surface area contributed by atoms with Gasteiger partial charge < -0.3 is 14.9 Å². The van der Waals surface area contributed by atoms with Gasteiger partial charge in [0.05, 0.1) is 12.8 Å². The maximum absolute atomic E-state index is 5.72. The molecular weight excluding hydrogens is 250 g/mol. The van der Waals surface area contributed by atoms with Gasteiger partial charge in [0.2, 0.25) is 0 Å². The van der Waals surface area contributed by atoms with E-state index in [2.05, 4.69) is 9.97 Å². The summed E-state index contributed by atoms with van der Waals surface area (Å²) in [5.41, 5.74) is 8.90. The number of hydrogen-bond acceptors (Lipinski definition) is 6. The second kappa shape index (κ2) is 3.99. The molecule has 0 spiro atoms. The highest BCUT2D eigenvalue weighted by atomic mass is 32.1. The van der Waals surface area contributed by atoms with Gasteiger partial charge in [-0.1, -0.05) is 0 Å². The number of methoxy groups -OCH3 is 1. The number of ether oxygens (including phenoxy) is 1. The second-order valence-electron chi connectivity index (χ2n) is 3.84. The third-order valence-electron chi connectivity index (χ3n) is 2.70. The van der Waals surface area contributed by atoms with Crippen molar-refractivity contribution in [3.8, 4) is 17.0 Å². The van der Waals surface area contributed by atoms with Crippen molar-refractivity contribution in [2.45, 2.75) is 6.92 Å². The molecule has 0 bridgehead atoms. The second-order valence-corrected chi connectivity index (χ2v) is 5.07. The molecule has 2 aromatic heterocycles. The van der Waals surface area contributed by atoms with Crippen molar-refractivity contribution in [1.82, 2.24) is 9.97 Å². The Balaban J connectivity index is 2.26. The van der Waals surface area contributed by atoms with Gasteiger partial charge in [-0.3, -0.25) is 0 Å². The van der Waals surface area contributed by atoms with E-state index in [1.807, 2.05) is 19.1 Å². The highest BCUT2D eigenvalue weighted by Crippen LogP contribution is 2.35. The van der Waals surface area contributed by atoms with Gasteiger partial charge in [-0.25, -0.2) is 9.97 Å². The van der Waals surface area contributed by atoms with E-state index in [1.54, 1.807) is 7.11 Å². The Morgan fingerprint density at radius 2 is 2.22 bits per heavy atom. The summed E-state index contributed by atoms with van der Waals surface area (Å²) in [6, 6.07) is 3.80. The molecule has 0 saturated heterocycles. The molecule has 0 fully saturated rings. The number of anilines is 1. The molecule has 5 nitrogen and oxygen atoms in total. The molecular formula is C12H11N3O2S. The van der Waals surface area contributed by atoms with Gasteiger partial charge in [-0.15, -0.1) is 11.3 Å². The summed E-state index contributed by atoms with van der Waals surface area (Å²) in [7, 11) is 1.60. The van der Waals surface area contributed by atoms with Crippen LogP contribution in [0.1, 0.15) is 4.88 Å². The van der Waals surface area contributed by atoms with Crippen LogP contribution in [0.3, 0.4) is 0 Å². The number of hydrogen-bond donors (Lipinski definition) is 1. The van der Waals surface area contributed by atoms with E-state index in [1.165, 1.54) is 17.7 Å². The van der Waals surface area contributed by atoms with Crippen molar-refractivity contribution in [3.05, 3.63) is 23.4 Å². The number of oxazole rings is 1. The summed E-state index contributed by atoms with van der Waals surface area (Å²) in [6.07, 6.45) is 1.40. The number of nitrogens with two attached hydrogens (primary N) is 1. The first-order chi connectivity index (χ1) is 8.69. The van der Waals surface area contributed by atoms with E-state index in [9.17, 15) is 0 Å². The highest BCUT2D eigenvalue weighted by Gasteiger charge is 2.14. The third kappa shape index (κ3) is 1.62. The van der Waals surface area contributed by atoms with E-state index in [-0.39, 0.29) is 0 Å². The van der Waals surface area contributed by atoms with Gasteiger partial charge in [0.1, 0.15) is 5.52 Å². The minimum absolute atomic E-state index is 0.557. The Kier molecular flexibility index (Phi) is 2.45. The SMILES string of the molecule is COc1cc(-c2nc(N)sc2C)cc2ncoc12. The fraction of sp³-hybridized carbons (Fsp3) is 0.167. The van der Waals surface area contributed by atoms with E-state index >= 15 is 0 Å². The first-order valence-electron chi connectivity index (χ1n) is 5.33. The Morgan fingerprint density at radius 3 is 2.89 bits per heavy atom. The predicted molar refractivity (Wildman–Crippen MR) is 70.8 cm³/mol. The molecule has 0 amide bonds. The highest BCUT2D eigenvalue weighted by molar-refractivity contribution is 7.15. The van der Waals surface area contributed by atoms with Crippen LogP contribution in [0.4, 0.5) is 5.13 Å². The van der Waals surface area contributed by atoms with Crippen LogP contribution >= 0.6 is 11.3 Å². The van der Waals surface area contributed by atoms with Crippen LogP contribution in [0.15, 0.2) is 22.9 Å². The van der Waals surface area contributed by atoms with Gasteiger partial charge in [0.15, 0.2) is 22.9 Å². The van der Waals surface area contributed by atoms with Gasteiger partial charge in [-0.05, 0) is 19.1 Å². The van der Waals surface area contributed by atoms with Crippen LogP contribution in [0, 0.1) is 6.92 Å². The Bertz CT molecular complexity index is 717. The molecule has 3 rings (SSSR count). The molecule has 0 radical (unpaired) electrons. The van der Waals surface area contributed by atoms with Crippen molar-refractivity contribution in [1.29, 1.82) is 0 Å². The van der Waals surface area contributed by atoms with Crippen LogP contribution in [0.5, 0.6) is 5.75 Å². The molecule has 18 heavy (non-hydrogen) atoms. The molecule has 0 atom stereocenters. The van der Waals surface area contributed by atoms with Crippen LogP contribution in [0.2, 0.25) is 0 Å². The fourth-order valence-corrected chi connectivity index (χ4v) is 2.62. The van der Waals surface area contributed by atoms with E-state index in [0.717, 1.165) is 21.7 Å². The topological polar surface area (TPSA) is 74.2 Å². The standard InChI is InChI=1S/C12H11N3O2S/c1-6-10(15-12(13)18-6)7-3-8-11(17-5-14-8)9(4-7)16-2/h3-5H,1-2H3,(H2,13,15). The molecule has 0 aliphatic rings. The largest absolute Gasteiger partial charge is 0.493 e. The van der Waals surface area contributed by atoms with Crippen molar-refractivity contribution in [2.75, 3.05) is 12.8 Å². The summed E-state index contributed by atoms with van der Waals surface area (Å²) in [4.78, 5) is 9.54. The van der Waals surface area contributed by atoms with Crippen molar-refractivity contribution >= 4 is 27.6 Å². The number of nitrogens with zero attached hydrogens (tertiary/aromatic N) is 2. The van der Waals surface area contributed by atoms with E-state index in [0.29, 0.717) is 16.5 Å². The minimum atomic E-state index is 0.557. The molecule has 2 N–H and O–H groups in total. The maximum Gasteiger partial charge on any atom is 0.196 e. The molecule has 3 aromatic rings. The number of benzene rings is 1. The molecule has 0 saturated carbocycles. The van der Waals surface area contributed by atoms with Crippen molar-refractivity contribution in [2.24, 2.45) is 0 Å². The summed E-state index contributed by atoms with van der Waals surface area (Å²) in [6.45, 7) is 1.99. The smallest absolute Gasteiger partial charge is 0.196 e.